The molecule has 474 valence electrons. The molecule has 0 heterocycles. The molecule has 0 aliphatic heterocycles. The van der Waals surface area contributed by atoms with Gasteiger partial charge in [0.15, 0.2) is 0 Å². The molecule has 81 heavy (non-hydrogen) atoms. The van der Waals surface area contributed by atoms with Crippen LogP contribution in [0.25, 0.3) is 0 Å². The maximum Gasteiger partial charge on any atom is 0.306 e. The second-order valence-corrected chi connectivity index (χ2v) is 26.1. The van der Waals surface area contributed by atoms with E-state index < -0.39 is 26.6 Å². The van der Waals surface area contributed by atoms with Crippen LogP contribution < -0.4 is 10.2 Å². The largest absolute Gasteiger partial charge is 0.756 e. The predicted molar refractivity (Wildman–Crippen MR) is 349 cm³/mol. The lowest BCUT2D eigenvalue weighted by atomic mass is 10.0. The first-order chi connectivity index (χ1) is 39.4. The average Bonchev–Trinajstić information content (AvgIpc) is 3.44. The number of nitrogens with zero attached hydrogens (tertiary/aromatic N) is 1. The number of likely N-dealkylation sites (N-methyl/N-ethyl adjacent to an activating group) is 1. The van der Waals surface area contributed by atoms with Crippen molar-refractivity contribution in [3.8, 4) is 0 Å². The van der Waals surface area contributed by atoms with E-state index in [4.69, 9.17) is 13.8 Å². The van der Waals surface area contributed by atoms with Crippen molar-refractivity contribution in [3.63, 3.8) is 0 Å². The highest BCUT2D eigenvalue weighted by Crippen LogP contribution is 2.38. The lowest BCUT2D eigenvalue weighted by molar-refractivity contribution is -0.870. The van der Waals surface area contributed by atoms with E-state index in [-0.39, 0.29) is 24.9 Å². The average molecular weight is 1160 g/mol. The van der Waals surface area contributed by atoms with Gasteiger partial charge in [0.1, 0.15) is 19.3 Å². The highest BCUT2D eigenvalue weighted by atomic mass is 31.2. The Hall–Kier alpha value is -2.29. The summed E-state index contributed by atoms with van der Waals surface area (Å²) < 4.78 is 30.4. The minimum atomic E-state index is -4.71. The maximum absolute atomic E-state index is 13.5. The second kappa shape index (κ2) is 60.8. The number of quaternary nitrogens is 1. The van der Waals surface area contributed by atoms with Gasteiger partial charge in [-0.25, -0.2) is 0 Å². The van der Waals surface area contributed by atoms with Crippen molar-refractivity contribution < 1.29 is 37.3 Å². The highest BCUT2D eigenvalue weighted by Gasteiger charge is 2.27. The minimum Gasteiger partial charge on any atom is -0.756 e. The molecule has 0 bridgehead atoms. The monoisotopic (exact) mass is 1160 g/mol. The molecule has 0 spiro atoms. The molecule has 9 nitrogen and oxygen atoms in total. The fourth-order valence-electron chi connectivity index (χ4n) is 10.1. The van der Waals surface area contributed by atoms with Crippen LogP contribution in [-0.4, -0.2) is 69.4 Å². The lowest BCUT2D eigenvalue weighted by Crippen LogP contribution is -2.47. The van der Waals surface area contributed by atoms with Gasteiger partial charge in [-0.3, -0.25) is 14.2 Å². The molecule has 0 aromatic carbocycles. The number of hydrogen-bond donors (Lipinski definition) is 1. The van der Waals surface area contributed by atoms with E-state index in [0.717, 1.165) is 77.0 Å². The van der Waals surface area contributed by atoms with Crippen LogP contribution >= 0.6 is 7.82 Å². The van der Waals surface area contributed by atoms with E-state index in [0.29, 0.717) is 23.9 Å². The van der Waals surface area contributed by atoms with Crippen molar-refractivity contribution in [1.82, 2.24) is 5.32 Å². The highest BCUT2D eigenvalue weighted by molar-refractivity contribution is 7.45. The molecule has 1 N–H and O–H groups in total. The molecule has 0 rings (SSSR count). The Morgan fingerprint density at radius 2 is 0.753 bits per heavy atom. The number of amides is 1. The number of carbonyl (C=O) groups excluding carboxylic acids is 2. The van der Waals surface area contributed by atoms with Crippen molar-refractivity contribution in [1.29, 1.82) is 0 Å². The SMILES string of the molecule is CCCCC/C=C\C/C=C\C/C=C\CCCCCCC(=O)NC(COP(=O)([O-])OCC[N+](C)(C)C)C(/C=C\CCCCCCCCCCC)OC(=O)CCCCCCCCCCCCCCCCCCC/C=C/CCCCCCCC. The summed E-state index contributed by atoms with van der Waals surface area (Å²) >= 11 is 0. The fourth-order valence-corrected chi connectivity index (χ4v) is 10.8. The molecule has 0 aliphatic rings. The lowest BCUT2D eigenvalue weighted by Gasteiger charge is -2.30. The number of unbranched alkanes of at least 4 members (excludes halogenated alkanes) is 39. The number of rotatable bonds is 63. The summed E-state index contributed by atoms with van der Waals surface area (Å²) in [4.78, 5) is 40.1. The van der Waals surface area contributed by atoms with Crippen LogP contribution in [0, 0.1) is 0 Å². The van der Waals surface area contributed by atoms with E-state index in [9.17, 15) is 19.0 Å². The van der Waals surface area contributed by atoms with Gasteiger partial charge >= 0.3 is 5.97 Å². The molecule has 10 heteroatoms. The number of hydrogen-bond acceptors (Lipinski definition) is 7. The van der Waals surface area contributed by atoms with E-state index in [2.05, 4.69) is 74.7 Å². The van der Waals surface area contributed by atoms with Gasteiger partial charge in [-0.1, -0.05) is 281 Å². The van der Waals surface area contributed by atoms with Gasteiger partial charge in [0.25, 0.3) is 7.82 Å². The number of phosphoric acid groups is 1. The fraction of sp³-hybridized carbons (Fsp3) is 0.831. The molecule has 3 atom stereocenters. The van der Waals surface area contributed by atoms with Gasteiger partial charge in [-0.05, 0) is 96.0 Å². The molecule has 0 aromatic rings. The standard InChI is InChI=1S/C71H133N2O7P/c1-7-10-13-16-19-22-25-27-29-31-32-33-34-35-36-37-38-39-40-42-44-46-49-52-55-58-61-64-71(75)80-69(62-59-56-53-50-47-24-21-18-15-12-9-3)68(67-79-81(76,77)78-66-65-73(4,5)6)72-70(74)63-60-57-54-51-48-45-43-41-30-28-26-23-20-17-14-11-8-2/h20,23,27-30,43,45,59,62,68-69H,7-19,21-22,24-26,31-42,44,46-58,60-61,63-67H2,1-6H3,(H-,72,74,76,77)/b23-20-,29-27+,30-28-,45-43-,62-59-. The summed E-state index contributed by atoms with van der Waals surface area (Å²) in [6, 6.07) is -0.900. The van der Waals surface area contributed by atoms with Crippen molar-refractivity contribution in [3.05, 3.63) is 60.8 Å². The molecule has 0 fully saturated rings. The third-order valence-electron chi connectivity index (χ3n) is 15.4. The van der Waals surface area contributed by atoms with Gasteiger partial charge in [0.2, 0.25) is 5.91 Å². The molecule has 0 aromatic heterocycles. The first kappa shape index (κ1) is 78.7. The smallest absolute Gasteiger partial charge is 0.306 e. The van der Waals surface area contributed by atoms with Crippen molar-refractivity contribution in [2.24, 2.45) is 0 Å². The summed E-state index contributed by atoms with van der Waals surface area (Å²) in [5.41, 5.74) is 0. The summed E-state index contributed by atoms with van der Waals surface area (Å²) in [5.74, 6) is -0.556. The Labute approximate surface area is 502 Å². The molecule has 0 saturated heterocycles. The first-order valence-corrected chi connectivity index (χ1v) is 36.1. The summed E-state index contributed by atoms with van der Waals surface area (Å²) in [6.07, 6.45) is 77.8. The zero-order valence-electron chi connectivity index (χ0n) is 54.2. The van der Waals surface area contributed by atoms with E-state index in [1.807, 2.05) is 33.3 Å². The third kappa shape index (κ3) is 62.1. The molecule has 0 aliphatic carbocycles. The van der Waals surface area contributed by atoms with Gasteiger partial charge in [-0.2, -0.15) is 0 Å². The number of allylic oxidation sites excluding steroid dienone is 9. The van der Waals surface area contributed by atoms with Gasteiger partial charge in [0, 0.05) is 12.8 Å². The number of nitrogens with one attached hydrogen (secondary N) is 1. The maximum atomic E-state index is 13.5. The van der Waals surface area contributed by atoms with Gasteiger partial charge < -0.3 is 28.5 Å². The van der Waals surface area contributed by atoms with Crippen LogP contribution in [0.5, 0.6) is 0 Å². The molecule has 0 radical (unpaired) electrons. The van der Waals surface area contributed by atoms with Crippen LogP contribution in [0.3, 0.4) is 0 Å². The zero-order chi connectivity index (χ0) is 59.3. The molecule has 1 amide bonds. The number of esters is 1. The van der Waals surface area contributed by atoms with Crippen molar-refractivity contribution in [2.75, 3.05) is 40.9 Å². The topological polar surface area (TPSA) is 114 Å². The normalized spacial score (nSPS) is 13.9. The molecular formula is C71H133N2O7P. The van der Waals surface area contributed by atoms with Crippen LogP contribution in [0.2, 0.25) is 0 Å². The van der Waals surface area contributed by atoms with Crippen LogP contribution in [0.4, 0.5) is 0 Å². The Kier molecular flexibility index (Phi) is 59.1. The van der Waals surface area contributed by atoms with E-state index >= 15 is 0 Å². The molecule has 3 unspecified atom stereocenters. The molecular weight excluding hydrogens is 1020 g/mol. The minimum absolute atomic E-state index is 0.0270. The van der Waals surface area contributed by atoms with Crippen LogP contribution in [0.1, 0.15) is 329 Å². The van der Waals surface area contributed by atoms with Crippen LogP contribution in [0.15, 0.2) is 60.8 Å². The summed E-state index contributed by atoms with van der Waals surface area (Å²) in [5, 5.41) is 3.02. The molecule has 0 saturated carbocycles. The zero-order valence-corrected chi connectivity index (χ0v) is 55.1. The number of ether oxygens (including phenoxy) is 1. The quantitative estimate of drug-likeness (QED) is 0.0212. The van der Waals surface area contributed by atoms with Crippen LogP contribution in [-0.2, 0) is 27.9 Å². The van der Waals surface area contributed by atoms with Crippen molar-refractivity contribution in [2.45, 2.75) is 341 Å². The Balaban J connectivity index is 5.00. The Bertz CT molecular complexity index is 1570. The summed E-state index contributed by atoms with van der Waals surface area (Å²) in [7, 11) is 1.18. The van der Waals surface area contributed by atoms with Crippen molar-refractivity contribution >= 4 is 19.7 Å². The van der Waals surface area contributed by atoms with E-state index in [1.165, 1.54) is 212 Å². The third-order valence-corrected chi connectivity index (χ3v) is 16.4. The van der Waals surface area contributed by atoms with Gasteiger partial charge in [0.05, 0.1) is 33.8 Å². The van der Waals surface area contributed by atoms with E-state index in [1.54, 1.807) is 0 Å². The number of carbonyl (C=O) groups is 2. The Morgan fingerprint density at radius 3 is 1.16 bits per heavy atom. The number of phosphoric ester groups is 1. The second-order valence-electron chi connectivity index (χ2n) is 24.7. The summed E-state index contributed by atoms with van der Waals surface area (Å²) in [6.45, 7) is 6.82. The van der Waals surface area contributed by atoms with Gasteiger partial charge in [-0.15, -0.1) is 0 Å². The first-order valence-electron chi connectivity index (χ1n) is 34.6. The predicted octanol–water partition coefficient (Wildman–Crippen LogP) is 21.2. The Morgan fingerprint density at radius 1 is 0.432 bits per heavy atom.